The maximum atomic E-state index is 11.3. The second-order valence-corrected chi connectivity index (χ2v) is 3.07. The summed E-state index contributed by atoms with van der Waals surface area (Å²) >= 11 is 0. The summed E-state index contributed by atoms with van der Waals surface area (Å²) in [5.41, 5.74) is 6.82. The molecule has 14 heavy (non-hydrogen) atoms. The maximum absolute atomic E-state index is 11.3. The van der Waals surface area contributed by atoms with Gasteiger partial charge in [0.2, 0.25) is 0 Å². The smallest absolute Gasteiger partial charge is 0.322 e. The van der Waals surface area contributed by atoms with Gasteiger partial charge in [-0.25, -0.2) is 4.79 Å². The number of nitrogens with one attached hydrogen (secondary N) is 2. The van der Waals surface area contributed by atoms with E-state index in [0.717, 1.165) is 0 Å². The molecular formula is C9H9N3O2. The van der Waals surface area contributed by atoms with Crippen molar-refractivity contribution >= 4 is 17.6 Å². The highest BCUT2D eigenvalue weighted by atomic mass is 16.2. The Balaban J connectivity index is 2.31. The molecule has 5 nitrogen and oxygen atoms in total. The number of nitrogen functional groups attached to an aromatic ring is 1. The van der Waals surface area contributed by atoms with Gasteiger partial charge in [0.1, 0.15) is 6.04 Å². The van der Waals surface area contributed by atoms with Gasteiger partial charge in [0.25, 0.3) is 5.91 Å². The van der Waals surface area contributed by atoms with E-state index in [-0.39, 0.29) is 5.91 Å². The van der Waals surface area contributed by atoms with E-state index in [1.54, 1.807) is 24.3 Å². The summed E-state index contributed by atoms with van der Waals surface area (Å²) in [4.78, 5) is 22.1. The van der Waals surface area contributed by atoms with Gasteiger partial charge in [-0.1, -0.05) is 12.1 Å². The van der Waals surface area contributed by atoms with Crippen LogP contribution in [0, 0.1) is 0 Å². The molecule has 1 aliphatic rings. The van der Waals surface area contributed by atoms with Gasteiger partial charge in [-0.05, 0) is 17.7 Å². The summed E-state index contributed by atoms with van der Waals surface area (Å²) in [5.74, 6) is -0.347. The van der Waals surface area contributed by atoms with E-state index >= 15 is 0 Å². The Morgan fingerprint density at radius 2 is 2.07 bits per heavy atom. The number of urea groups is 1. The molecule has 0 aliphatic carbocycles. The summed E-state index contributed by atoms with van der Waals surface area (Å²) in [7, 11) is 0. The standard InChI is InChI=1S/C9H9N3O2/c10-6-3-1-2-5(4-6)7-8(13)12-9(14)11-7/h1-4,7H,10H2,(H2,11,12,13,14). The topological polar surface area (TPSA) is 84.2 Å². The summed E-state index contributed by atoms with van der Waals surface area (Å²) in [6.07, 6.45) is 0. The summed E-state index contributed by atoms with van der Waals surface area (Å²) in [5, 5.41) is 4.65. The zero-order valence-corrected chi connectivity index (χ0v) is 7.28. The molecule has 0 saturated carbocycles. The molecule has 1 saturated heterocycles. The molecule has 5 heteroatoms. The molecule has 3 amide bonds. The van der Waals surface area contributed by atoms with E-state index in [4.69, 9.17) is 5.73 Å². The van der Waals surface area contributed by atoms with E-state index in [9.17, 15) is 9.59 Å². The number of nitrogens with two attached hydrogens (primary N) is 1. The Labute approximate surface area is 80.3 Å². The minimum Gasteiger partial charge on any atom is -0.399 e. The molecule has 0 spiro atoms. The maximum Gasteiger partial charge on any atom is 0.322 e. The highest BCUT2D eigenvalue weighted by Crippen LogP contribution is 2.18. The third kappa shape index (κ3) is 1.39. The second kappa shape index (κ2) is 3.02. The molecule has 1 aromatic rings. The van der Waals surface area contributed by atoms with Crippen LogP contribution in [0.4, 0.5) is 10.5 Å². The second-order valence-electron chi connectivity index (χ2n) is 3.07. The quantitative estimate of drug-likeness (QED) is 0.436. The van der Waals surface area contributed by atoms with Crippen LogP contribution in [-0.4, -0.2) is 11.9 Å². The molecule has 0 radical (unpaired) electrons. The average Bonchev–Trinajstić information content (AvgIpc) is 2.45. The van der Waals surface area contributed by atoms with Crippen molar-refractivity contribution in [2.24, 2.45) is 0 Å². The van der Waals surface area contributed by atoms with E-state index in [1.807, 2.05) is 0 Å². The van der Waals surface area contributed by atoms with E-state index in [1.165, 1.54) is 0 Å². The van der Waals surface area contributed by atoms with Crippen LogP contribution in [0.25, 0.3) is 0 Å². The van der Waals surface area contributed by atoms with Gasteiger partial charge >= 0.3 is 6.03 Å². The number of carbonyl (C=O) groups excluding carboxylic acids is 2. The molecular weight excluding hydrogens is 182 g/mol. The Morgan fingerprint density at radius 1 is 1.29 bits per heavy atom. The van der Waals surface area contributed by atoms with Crippen molar-refractivity contribution < 1.29 is 9.59 Å². The summed E-state index contributed by atoms with van der Waals surface area (Å²) in [6.45, 7) is 0. The number of amides is 3. The van der Waals surface area contributed by atoms with Gasteiger partial charge in [0.15, 0.2) is 0 Å². The molecule has 1 fully saturated rings. The predicted octanol–water partition coefficient (Wildman–Crippen LogP) is 0.149. The minimum absolute atomic E-state index is 0.347. The molecule has 1 heterocycles. The molecule has 1 aromatic carbocycles. The van der Waals surface area contributed by atoms with Gasteiger partial charge in [-0.3, -0.25) is 10.1 Å². The van der Waals surface area contributed by atoms with Crippen LogP contribution in [0.2, 0.25) is 0 Å². The van der Waals surface area contributed by atoms with Crippen molar-refractivity contribution in [3.8, 4) is 0 Å². The van der Waals surface area contributed by atoms with Crippen molar-refractivity contribution in [1.29, 1.82) is 0 Å². The first-order chi connectivity index (χ1) is 6.66. The Morgan fingerprint density at radius 3 is 2.64 bits per heavy atom. The predicted molar refractivity (Wildman–Crippen MR) is 50.3 cm³/mol. The Hall–Kier alpha value is -2.04. The normalized spacial score (nSPS) is 20.4. The minimum atomic E-state index is -0.619. The number of rotatable bonds is 1. The number of hydrogen-bond acceptors (Lipinski definition) is 3. The molecule has 1 atom stereocenters. The molecule has 0 bridgehead atoms. The fourth-order valence-electron chi connectivity index (χ4n) is 1.39. The van der Waals surface area contributed by atoms with Crippen LogP contribution in [0.1, 0.15) is 11.6 Å². The van der Waals surface area contributed by atoms with Crippen molar-refractivity contribution in [3.63, 3.8) is 0 Å². The fraction of sp³-hybridized carbons (Fsp3) is 0.111. The number of hydrogen-bond donors (Lipinski definition) is 3. The number of carbonyl (C=O) groups is 2. The first kappa shape index (κ1) is 8.55. The monoisotopic (exact) mass is 191 g/mol. The van der Waals surface area contributed by atoms with Crippen LogP contribution >= 0.6 is 0 Å². The number of imide groups is 1. The zero-order chi connectivity index (χ0) is 10.1. The van der Waals surface area contributed by atoms with Gasteiger partial charge < -0.3 is 11.1 Å². The van der Waals surface area contributed by atoms with Gasteiger partial charge in [-0.2, -0.15) is 0 Å². The van der Waals surface area contributed by atoms with Crippen LogP contribution in [0.3, 0.4) is 0 Å². The SMILES string of the molecule is Nc1cccc(C2NC(=O)NC2=O)c1. The third-order valence-corrected chi connectivity index (χ3v) is 2.02. The Kier molecular flexibility index (Phi) is 1.85. The lowest BCUT2D eigenvalue weighted by atomic mass is 10.1. The highest BCUT2D eigenvalue weighted by Gasteiger charge is 2.30. The first-order valence-electron chi connectivity index (χ1n) is 4.13. The van der Waals surface area contributed by atoms with Crippen molar-refractivity contribution in [2.75, 3.05) is 5.73 Å². The molecule has 1 aliphatic heterocycles. The number of benzene rings is 1. The van der Waals surface area contributed by atoms with Crippen LogP contribution in [0.5, 0.6) is 0 Å². The Bertz CT molecular complexity index is 403. The molecule has 4 N–H and O–H groups in total. The van der Waals surface area contributed by atoms with E-state index in [2.05, 4.69) is 10.6 Å². The van der Waals surface area contributed by atoms with Crippen LogP contribution in [-0.2, 0) is 4.79 Å². The first-order valence-corrected chi connectivity index (χ1v) is 4.13. The van der Waals surface area contributed by atoms with Gasteiger partial charge in [0.05, 0.1) is 0 Å². The van der Waals surface area contributed by atoms with Crippen LogP contribution < -0.4 is 16.4 Å². The lowest BCUT2D eigenvalue weighted by molar-refractivity contribution is -0.120. The largest absolute Gasteiger partial charge is 0.399 e. The molecule has 1 unspecified atom stereocenters. The van der Waals surface area contributed by atoms with Gasteiger partial charge in [0, 0.05) is 5.69 Å². The third-order valence-electron chi connectivity index (χ3n) is 2.02. The van der Waals surface area contributed by atoms with Gasteiger partial charge in [-0.15, -0.1) is 0 Å². The highest BCUT2D eigenvalue weighted by molar-refractivity contribution is 6.04. The van der Waals surface area contributed by atoms with Crippen molar-refractivity contribution in [1.82, 2.24) is 10.6 Å². The lowest BCUT2D eigenvalue weighted by Crippen LogP contribution is -2.22. The van der Waals surface area contributed by atoms with E-state index in [0.29, 0.717) is 11.3 Å². The zero-order valence-electron chi connectivity index (χ0n) is 7.28. The fourth-order valence-corrected chi connectivity index (χ4v) is 1.39. The molecule has 0 aromatic heterocycles. The van der Waals surface area contributed by atoms with Crippen LogP contribution in [0.15, 0.2) is 24.3 Å². The number of anilines is 1. The average molecular weight is 191 g/mol. The van der Waals surface area contributed by atoms with Crippen molar-refractivity contribution in [2.45, 2.75) is 6.04 Å². The summed E-state index contributed by atoms with van der Waals surface area (Å²) in [6, 6.07) is 5.77. The van der Waals surface area contributed by atoms with E-state index < -0.39 is 12.1 Å². The molecule has 72 valence electrons. The summed E-state index contributed by atoms with van der Waals surface area (Å²) < 4.78 is 0. The molecule has 2 rings (SSSR count). The van der Waals surface area contributed by atoms with Crippen molar-refractivity contribution in [3.05, 3.63) is 29.8 Å². The lowest BCUT2D eigenvalue weighted by Gasteiger charge is -2.07.